The zero-order chi connectivity index (χ0) is 15.6. The molecule has 1 heterocycles. The monoisotopic (exact) mass is 336 g/mol. The molecule has 1 unspecified atom stereocenters. The van der Waals surface area contributed by atoms with E-state index in [0.717, 1.165) is 25.0 Å². The third kappa shape index (κ3) is 3.91. The van der Waals surface area contributed by atoms with Crippen LogP contribution in [0.25, 0.3) is 0 Å². The van der Waals surface area contributed by atoms with Gasteiger partial charge in [0.2, 0.25) is 10.0 Å². The molecule has 1 atom stereocenters. The maximum atomic E-state index is 13.5. The summed E-state index contributed by atoms with van der Waals surface area (Å²) in [4.78, 5) is 11.2. The van der Waals surface area contributed by atoms with E-state index < -0.39 is 26.6 Å². The van der Waals surface area contributed by atoms with Gasteiger partial charge in [0, 0.05) is 13.2 Å². The van der Waals surface area contributed by atoms with Crippen LogP contribution in [0, 0.1) is 5.82 Å². The predicted octanol–water partition coefficient (Wildman–Crippen LogP) is 1.04. The predicted molar refractivity (Wildman–Crippen MR) is 74.1 cm³/mol. The van der Waals surface area contributed by atoms with E-state index in [1.54, 1.807) is 0 Å². The Kier molecular flexibility index (Phi) is 4.82. The second-order valence-corrected chi connectivity index (χ2v) is 6.59. The van der Waals surface area contributed by atoms with Gasteiger partial charge in [-0.05, 0) is 25.0 Å². The first-order valence-electron chi connectivity index (χ1n) is 6.20. The van der Waals surface area contributed by atoms with Crippen LogP contribution < -0.4 is 10.5 Å². The normalized spacial score (nSPS) is 18.7. The van der Waals surface area contributed by atoms with Crippen molar-refractivity contribution >= 4 is 27.5 Å². The number of nitrogens with one attached hydrogen (secondary N) is 1. The quantitative estimate of drug-likeness (QED) is 0.858. The highest BCUT2D eigenvalue weighted by atomic mass is 35.5. The molecule has 2 rings (SSSR count). The smallest absolute Gasteiger partial charge is 0.252 e. The fourth-order valence-corrected chi connectivity index (χ4v) is 2.88. The summed E-state index contributed by atoms with van der Waals surface area (Å²) in [5.74, 6) is -1.71. The molecule has 0 saturated carbocycles. The number of hydrogen-bond donors (Lipinski definition) is 2. The molecule has 3 N–H and O–H groups in total. The molecule has 1 aromatic carbocycles. The van der Waals surface area contributed by atoms with Gasteiger partial charge in [0.05, 0.1) is 16.7 Å². The molecule has 9 heteroatoms. The Morgan fingerprint density at radius 2 is 2.24 bits per heavy atom. The molecule has 1 fully saturated rings. The Morgan fingerprint density at radius 1 is 1.52 bits per heavy atom. The Morgan fingerprint density at radius 3 is 2.81 bits per heavy atom. The number of nitrogens with two attached hydrogens (primary N) is 1. The average Bonchev–Trinajstić information content (AvgIpc) is 2.87. The summed E-state index contributed by atoms with van der Waals surface area (Å²) < 4.78 is 41.4. The van der Waals surface area contributed by atoms with Gasteiger partial charge in [0.25, 0.3) is 5.91 Å². The number of halogens is 2. The molecule has 21 heavy (non-hydrogen) atoms. The molecule has 116 valence electrons. The number of sulfonamides is 1. The van der Waals surface area contributed by atoms with Crippen LogP contribution in [0.1, 0.15) is 23.2 Å². The first-order valence-corrected chi connectivity index (χ1v) is 8.13. The maximum absolute atomic E-state index is 13.5. The standard InChI is InChI=1S/C12H14ClFN2O4S/c13-9-5-10(14)11(21(15,18)19)4-8(9)12(17)16-6-7-2-1-3-20-7/h4-5,7H,1-3,6H2,(H,16,17)(H2,15,18,19). The summed E-state index contributed by atoms with van der Waals surface area (Å²) in [6.07, 6.45) is 1.68. The van der Waals surface area contributed by atoms with Crippen LogP contribution in [0.4, 0.5) is 4.39 Å². The van der Waals surface area contributed by atoms with Gasteiger partial charge < -0.3 is 10.1 Å². The first-order chi connectivity index (χ1) is 9.79. The fourth-order valence-electron chi connectivity index (χ4n) is 2.03. The van der Waals surface area contributed by atoms with E-state index in [9.17, 15) is 17.6 Å². The van der Waals surface area contributed by atoms with Gasteiger partial charge >= 0.3 is 0 Å². The van der Waals surface area contributed by atoms with Gasteiger partial charge in [-0.3, -0.25) is 4.79 Å². The molecular weight excluding hydrogens is 323 g/mol. The van der Waals surface area contributed by atoms with Crippen LogP contribution in [0.15, 0.2) is 17.0 Å². The Labute approximate surface area is 126 Å². The molecular formula is C12H14ClFN2O4S. The van der Waals surface area contributed by atoms with Crippen molar-refractivity contribution in [2.24, 2.45) is 5.14 Å². The molecule has 1 aromatic rings. The second-order valence-electron chi connectivity index (χ2n) is 4.65. The van der Waals surface area contributed by atoms with Gasteiger partial charge in [-0.1, -0.05) is 11.6 Å². The Hall–Kier alpha value is -1.22. The summed E-state index contributed by atoms with van der Waals surface area (Å²) in [6.45, 7) is 0.921. The molecule has 1 aliphatic rings. The topological polar surface area (TPSA) is 98.5 Å². The van der Waals surface area contributed by atoms with Crippen molar-refractivity contribution in [1.29, 1.82) is 0 Å². The van der Waals surface area contributed by atoms with Crippen LogP contribution in [0.3, 0.4) is 0 Å². The van der Waals surface area contributed by atoms with Crippen molar-refractivity contribution in [3.05, 3.63) is 28.5 Å². The third-order valence-electron chi connectivity index (χ3n) is 3.09. The average molecular weight is 337 g/mol. The van der Waals surface area contributed by atoms with Crippen LogP contribution in [0.2, 0.25) is 5.02 Å². The van der Waals surface area contributed by atoms with Crippen LogP contribution in [-0.2, 0) is 14.8 Å². The van der Waals surface area contributed by atoms with Gasteiger partial charge in [0.1, 0.15) is 10.7 Å². The van der Waals surface area contributed by atoms with Crippen molar-refractivity contribution < 1.29 is 22.3 Å². The highest BCUT2D eigenvalue weighted by molar-refractivity contribution is 7.89. The summed E-state index contributed by atoms with van der Waals surface area (Å²) in [5, 5.41) is 7.27. The molecule has 0 bridgehead atoms. The maximum Gasteiger partial charge on any atom is 0.252 e. The zero-order valence-electron chi connectivity index (χ0n) is 10.9. The van der Waals surface area contributed by atoms with E-state index in [1.165, 1.54) is 0 Å². The summed E-state index contributed by atoms with van der Waals surface area (Å²) in [6, 6.07) is 1.58. The van der Waals surface area contributed by atoms with Gasteiger partial charge in [-0.2, -0.15) is 0 Å². The molecule has 1 saturated heterocycles. The van der Waals surface area contributed by atoms with Crippen LogP contribution in [-0.4, -0.2) is 33.6 Å². The number of ether oxygens (including phenoxy) is 1. The SMILES string of the molecule is NS(=O)(=O)c1cc(C(=O)NCC2CCCO2)c(Cl)cc1F. The van der Waals surface area contributed by atoms with Gasteiger partial charge in [-0.25, -0.2) is 17.9 Å². The molecule has 6 nitrogen and oxygen atoms in total. The first kappa shape index (κ1) is 16.2. The number of benzene rings is 1. The lowest BCUT2D eigenvalue weighted by molar-refractivity contribution is 0.0857. The number of carbonyl (C=O) groups excluding carboxylic acids is 1. The van der Waals surface area contributed by atoms with E-state index in [4.69, 9.17) is 21.5 Å². The summed E-state index contributed by atoms with van der Waals surface area (Å²) in [7, 11) is -4.28. The number of hydrogen-bond acceptors (Lipinski definition) is 4. The second kappa shape index (κ2) is 6.27. The summed E-state index contributed by atoms with van der Waals surface area (Å²) >= 11 is 5.77. The number of amides is 1. The molecule has 0 aromatic heterocycles. The van der Waals surface area contributed by atoms with Crippen LogP contribution >= 0.6 is 11.6 Å². The van der Waals surface area contributed by atoms with E-state index >= 15 is 0 Å². The lowest BCUT2D eigenvalue weighted by Gasteiger charge is -2.12. The van der Waals surface area contributed by atoms with Crippen molar-refractivity contribution in [3.8, 4) is 0 Å². The molecule has 0 radical (unpaired) electrons. The number of rotatable bonds is 4. The molecule has 0 spiro atoms. The molecule has 0 aliphatic carbocycles. The summed E-state index contributed by atoms with van der Waals surface area (Å²) in [5.41, 5.74) is -0.153. The minimum Gasteiger partial charge on any atom is -0.376 e. The minimum absolute atomic E-state index is 0.0779. The lowest BCUT2D eigenvalue weighted by Crippen LogP contribution is -2.32. The van der Waals surface area contributed by atoms with Gasteiger partial charge in [-0.15, -0.1) is 0 Å². The zero-order valence-corrected chi connectivity index (χ0v) is 12.5. The highest BCUT2D eigenvalue weighted by Gasteiger charge is 2.22. The van der Waals surface area contributed by atoms with E-state index in [-0.39, 0.29) is 23.2 Å². The van der Waals surface area contributed by atoms with E-state index in [2.05, 4.69) is 5.32 Å². The van der Waals surface area contributed by atoms with E-state index in [0.29, 0.717) is 6.61 Å². The van der Waals surface area contributed by atoms with Crippen molar-refractivity contribution in [1.82, 2.24) is 5.32 Å². The molecule has 1 amide bonds. The van der Waals surface area contributed by atoms with Crippen molar-refractivity contribution in [2.75, 3.05) is 13.2 Å². The van der Waals surface area contributed by atoms with Gasteiger partial charge in [0.15, 0.2) is 0 Å². The fraction of sp³-hybridized carbons (Fsp3) is 0.417. The third-order valence-corrected chi connectivity index (χ3v) is 4.33. The Balaban J connectivity index is 2.20. The largest absolute Gasteiger partial charge is 0.376 e. The molecule has 1 aliphatic heterocycles. The Bertz CT molecular complexity index is 659. The van der Waals surface area contributed by atoms with Crippen LogP contribution in [0.5, 0.6) is 0 Å². The lowest BCUT2D eigenvalue weighted by atomic mass is 10.2. The number of primary sulfonamides is 1. The van der Waals surface area contributed by atoms with Crippen molar-refractivity contribution in [2.45, 2.75) is 23.8 Å². The number of carbonyl (C=O) groups is 1. The highest BCUT2D eigenvalue weighted by Crippen LogP contribution is 2.23. The van der Waals surface area contributed by atoms with Crippen molar-refractivity contribution in [3.63, 3.8) is 0 Å². The minimum atomic E-state index is -4.28. The van der Waals surface area contributed by atoms with E-state index in [1.807, 2.05) is 0 Å².